The maximum absolute atomic E-state index is 12.8. The van der Waals surface area contributed by atoms with Crippen molar-refractivity contribution in [3.8, 4) is 0 Å². The first kappa shape index (κ1) is 51.9. The van der Waals surface area contributed by atoms with E-state index in [1.807, 2.05) is 0 Å². The van der Waals surface area contributed by atoms with E-state index in [-0.39, 0.29) is 18.0 Å². The van der Waals surface area contributed by atoms with Crippen LogP contribution in [0.4, 0.5) is 0 Å². The molecule has 0 heterocycles. The SMILES string of the molecule is CCCCC/C=C\C/C=C\CCCCCCCCCCCC(=O)OC(CCCCCCCCCCC)CCCCCCCC(=O)NC(CCCN)C(=O)O. The van der Waals surface area contributed by atoms with Crippen LogP contribution in [0.15, 0.2) is 24.3 Å². The minimum absolute atomic E-state index is 0.0157. The van der Waals surface area contributed by atoms with Gasteiger partial charge >= 0.3 is 11.9 Å². The molecule has 0 aromatic rings. The van der Waals surface area contributed by atoms with Crippen molar-refractivity contribution in [1.29, 1.82) is 0 Å². The lowest BCUT2D eigenvalue weighted by atomic mass is 10.0. The normalized spacial score (nSPS) is 12.8. The highest BCUT2D eigenvalue weighted by Gasteiger charge is 2.19. The Morgan fingerprint density at radius 3 is 1.46 bits per heavy atom. The number of carboxylic acid groups (broad SMARTS) is 1. The quantitative estimate of drug-likeness (QED) is 0.0324. The molecule has 7 heteroatoms. The summed E-state index contributed by atoms with van der Waals surface area (Å²) >= 11 is 0. The maximum atomic E-state index is 12.8. The van der Waals surface area contributed by atoms with E-state index in [2.05, 4.69) is 43.5 Å². The van der Waals surface area contributed by atoms with Gasteiger partial charge in [-0.3, -0.25) is 9.59 Å². The van der Waals surface area contributed by atoms with Crippen molar-refractivity contribution in [2.75, 3.05) is 6.54 Å². The van der Waals surface area contributed by atoms with Crippen LogP contribution in [-0.2, 0) is 19.1 Å². The fourth-order valence-corrected chi connectivity index (χ4v) is 7.01. The van der Waals surface area contributed by atoms with E-state index >= 15 is 0 Å². The molecule has 0 aliphatic rings. The number of nitrogens with one attached hydrogen (secondary N) is 1. The zero-order valence-electron chi connectivity index (χ0n) is 35.6. The summed E-state index contributed by atoms with van der Waals surface area (Å²) in [5.74, 6) is -1.23. The molecule has 2 unspecified atom stereocenters. The maximum Gasteiger partial charge on any atom is 0.326 e. The molecule has 0 aliphatic carbocycles. The van der Waals surface area contributed by atoms with Gasteiger partial charge in [0.1, 0.15) is 12.1 Å². The van der Waals surface area contributed by atoms with E-state index in [0.717, 1.165) is 70.6 Å². The van der Waals surface area contributed by atoms with Gasteiger partial charge in [0, 0.05) is 12.8 Å². The van der Waals surface area contributed by atoms with E-state index in [1.54, 1.807) is 0 Å². The molecule has 0 fully saturated rings. The van der Waals surface area contributed by atoms with Crippen LogP contribution in [0, 0.1) is 0 Å². The minimum Gasteiger partial charge on any atom is -0.480 e. The Labute approximate surface area is 333 Å². The number of rotatable bonds is 42. The monoisotopic (exact) mass is 761 g/mol. The second kappa shape index (κ2) is 42.0. The van der Waals surface area contributed by atoms with Gasteiger partial charge in [0.2, 0.25) is 5.91 Å². The van der Waals surface area contributed by atoms with Gasteiger partial charge in [-0.05, 0) is 90.0 Å². The Kier molecular flexibility index (Phi) is 40.3. The molecule has 7 nitrogen and oxygen atoms in total. The number of nitrogens with two attached hydrogens (primary N) is 1. The van der Waals surface area contributed by atoms with Crippen LogP contribution in [0.2, 0.25) is 0 Å². The van der Waals surface area contributed by atoms with Crippen LogP contribution in [0.3, 0.4) is 0 Å². The highest BCUT2D eigenvalue weighted by atomic mass is 16.5. The number of allylic oxidation sites excluding steroid dienone is 4. The highest BCUT2D eigenvalue weighted by Crippen LogP contribution is 2.19. The number of hydrogen-bond donors (Lipinski definition) is 3. The number of carboxylic acids is 1. The summed E-state index contributed by atoms with van der Waals surface area (Å²) in [4.78, 5) is 36.4. The number of carbonyl (C=O) groups excluding carboxylic acids is 2. The Morgan fingerprint density at radius 2 is 0.963 bits per heavy atom. The average molecular weight is 761 g/mol. The molecule has 4 N–H and O–H groups in total. The molecule has 2 atom stereocenters. The molecule has 0 saturated carbocycles. The summed E-state index contributed by atoms with van der Waals surface area (Å²) in [6.45, 7) is 4.93. The van der Waals surface area contributed by atoms with Crippen LogP contribution in [0.1, 0.15) is 239 Å². The molecular weight excluding hydrogens is 673 g/mol. The van der Waals surface area contributed by atoms with Gasteiger partial charge in [-0.25, -0.2) is 4.79 Å². The van der Waals surface area contributed by atoms with Gasteiger partial charge in [0.05, 0.1) is 0 Å². The van der Waals surface area contributed by atoms with E-state index in [4.69, 9.17) is 10.5 Å². The molecule has 0 saturated heterocycles. The van der Waals surface area contributed by atoms with Crippen molar-refractivity contribution in [2.24, 2.45) is 5.73 Å². The third-order valence-corrected chi connectivity index (χ3v) is 10.5. The summed E-state index contributed by atoms with van der Waals surface area (Å²) in [6.07, 6.45) is 48.0. The lowest BCUT2D eigenvalue weighted by Gasteiger charge is -2.18. The molecule has 0 spiro atoms. The second-order valence-electron chi connectivity index (χ2n) is 15.8. The minimum atomic E-state index is -1.00. The zero-order valence-corrected chi connectivity index (χ0v) is 35.6. The third-order valence-electron chi connectivity index (χ3n) is 10.5. The zero-order chi connectivity index (χ0) is 39.6. The molecule has 1 amide bonds. The molecule has 0 rings (SSSR count). The first-order valence-electron chi connectivity index (χ1n) is 23.2. The molecule has 0 aromatic heterocycles. The smallest absolute Gasteiger partial charge is 0.326 e. The van der Waals surface area contributed by atoms with Crippen LogP contribution < -0.4 is 11.1 Å². The molecule has 0 aliphatic heterocycles. The van der Waals surface area contributed by atoms with Crippen molar-refractivity contribution >= 4 is 17.8 Å². The van der Waals surface area contributed by atoms with Crippen molar-refractivity contribution in [1.82, 2.24) is 5.32 Å². The number of esters is 1. The number of aliphatic carboxylic acids is 1. The summed E-state index contributed by atoms with van der Waals surface area (Å²) in [6, 6.07) is -0.854. The van der Waals surface area contributed by atoms with E-state index < -0.39 is 12.0 Å². The summed E-state index contributed by atoms with van der Waals surface area (Å²) in [5.41, 5.74) is 5.49. The number of carbonyl (C=O) groups is 3. The van der Waals surface area contributed by atoms with Gasteiger partial charge in [-0.2, -0.15) is 0 Å². The van der Waals surface area contributed by atoms with Gasteiger partial charge in [-0.1, -0.05) is 167 Å². The van der Waals surface area contributed by atoms with Crippen molar-refractivity contribution in [2.45, 2.75) is 251 Å². The average Bonchev–Trinajstić information content (AvgIpc) is 3.16. The summed E-state index contributed by atoms with van der Waals surface area (Å²) < 4.78 is 6.05. The fourth-order valence-electron chi connectivity index (χ4n) is 7.01. The molecule has 0 radical (unpaired) electrons. The first-order valence-corrected chi connectivity index (χ1v) is 23.2. The van der Waals surface area contributed by atoms with E-state index in [9.17, 15) is 19.5 Å². The fraction of sp³-hybridized carbons (Fsp3) is 0.851. The summed E-state index contributed by atoms with van der Waals surface area (Å²) in [5, 5.41) is 11.9. The number of unbranched alkanes of at least 4 members (excludes halogenated alkanes) is 24. The molecule has 54 heavy (non-hydrogen) atoms. The van der Waals surface area contributed by atoms with Gasteiger partial charge in [0.15, 0.2) is 0 Å². The number of ether oxygens (including phenoxy) is 1. The Hall–Kier alpha value is -2.15. The largest absolute Gasteiger partial charge is 0.480 e. The van der Waals surface area contributed by atoms with Gasteiger partial charge < -0.3 is 20.9 Å². The van der Waals surface area contributed by atoms with E-state index in [1.165, 1.54) is 128 Å². The topological polar surface area (TPSA) is 119 Å². The molecule has 316 valence electrons. The Balaban J connectivity index is 4.18. The standard InChI is InChI=1S/C47H88N2O5/c1-3-5-7-9-11-13-14-15-16-17-18-19-20-21-22-24-26-31-35-41-46(51)54-43(37-32-28-25-23-12-10-8-6-4-2)38-33-29-27-30-34-40-45(50)49-44(47(52)53)39-36-42-48/h11,13,15-16,43-44H,3-10,12,14,17-42,48H2,1-2H3,(H,49,50)(H,52,53)/b13-11-,16-15-. The number of amides is 1. The van der Waals surface area contributed by atoms with Crippen LogP contribution in [0.5, 0.6) is 0 Å². The molecular formula is C47H88N2O5. The van der Waals surface area contributed by atoms with Gasteiger partial charge in [0.25, 0.3) is 0 Å². The number of hydrogen-bond acceptors (Lipinski definition) is 5. The van der Waals surface area contributed by atoms with Crippen LogP contribution >= 0.6 is 0 Å². The third kappa shape index (κ3) is 38.1. The highest BCUT2D eigenvalue weighted by molar-refractivity contribution is 5.83. The van der Waals surface area contributed by atoms with Crippen LogP contribution in [0.25, 0.3) is 0 Å². The lowest BCUT2D eigenvalue weighted by Crippen LogP contribution is -2.40. The van der Waals surface area contributed by atoms with E-state index in [0.29, 0.717) is 32.2 Å². The van der Waals surface area contributed by atoms with Crippen molar-refractivity contribution in [3.63, 3.8) is 0 Å². The Morgan fingerprint density at radius 1 is 0.537 bits per heavy atom. The Bertz CT molecular complexity index is 905. The second-order valence-corrected chi connectivity index (χ2v) is 15.8. The predicted octanol–water partition coefficient (Wildman–Crippen LogP) is 13.2. The predicted molar refractivity (Wildman–Crippen MR) is 230 cm³/mol. The summed E-state index contributed by atoms with van der Waals surface area (Å²) in [7, 11) is 0. The van der Waals surface area contributed by atoms with Crippen molar-refractivity contribution in [3.05, 3.63) is 24.3 Å². The van der Waals surface area contributed by atoms with Crippen LogP contribution in [-0.4, -0.2) is 41.6 Å². The lowest BCUT2D eigenvalue weighted by molar-refractivity contribution is -0.150. The molecule has 0 aromatic carbocycles. The van der Waals surface area contributed by atoms with Gasteiger partial charge in [-0.15, -0.1) is 0 Å². The first-order chi connectivity index (χ1) is 26.4. The van der Waals surface area contributed by atoms with Crippen molar-refractivity contribution < 1.29 is 24.2 Å². The molecule has 0 bridgehead atoms.